The van der Waals surface area contributed by atoms with Crippen molar-refractivity contribution in [2.45, 2.75) is 39.5 Å². The summed E-state index contributed by atoms with van der Waals surface area (Å²) >= 11 is 0. The second-order valence-corrected chi connectivity index (χ2v) is 22.5. The Balaban J connectivity index is 0.000000368. The molecule has 0 N–H and O–H groups in total. The van der Waals surface area contributed by atoms with Crippen molar-refractivity contribution in [3.05, 3.63) is 265 Å². The first-order valence-corrected chi connectivity index (χ1v) is 25.9. The molecule has 66 heavy (non-hydrogen) atoms. The van der Waals surface area contributed by atoms with E-state index in [2.05, 4.69) is 246 Å². The Morgan fingerprint density at radius 2 is 0.591 bits per heavy atom. The molecule has 3 nitrogen and oxygen atoms in total. The van der Waals surface area contributed by atoms with Crippen molar-refractivity contribution < 1.29 is 19.5 Å². The van der Waals surface area contributed by atoms with E-state index < -0.39 is 14.1 Å². The summed E-state index contributed by atoms with van der Waals surface area (Å²) in [6.07, 6.45) is 4.24. The summed E-state index contributed by atoms with van der Waals surface area (Å²) in [5.41, 5.74) is 8.92. The van der Waals surface area contributed by atoms with E-state index in [9.17, 15) is 0 Å². The van der Waals surface area contributed by atoms with Crippen LogP contribution < -0.4 is 37.1 Å². The first-order valence-electron chi connectivity index (χ1n) is 22.5. The van der Waals surface area contributed by atoms with Crippen molar-refractivity contribution in [2.75, 3.05) is 0 Å². The van der Waals surface area contributed by atoms with Crippen LogP contribution in [0.4, 0.5) is 11.4 Å². The second kappa shape index (κ2) is 22.9. The Bertz CT molecular complexity index is 2710. The fraction of sp³-hybridized carbons (Fsp3) is 0.100. The van der Waals surface area contributed by atoms with Crippen LogP contribution in [0.1, 0.15) is 61.8 Å². The molecule has 1 aromatic heterocycles. The molecule has 0 spiro atoms. The van der Waals surface area contributed by atoms with E-state index in [1.807, 2.05) is 36.4 Å². The van der Waals surface area contributed by atoms with Crippen molar-refractivity contribution in [1.29, 1.82) is 0 Å². The Labute approximate surface area is 405 Å². The minimum Gasteiger partial charge on any atom is -0.654 e. The molecule has 6 heteroatoms. The van der Waals surface area contributed by atoms with Gasteiger partial charge in [0.2, 0.25) is 0 Å². The van der Waals surface area contributed by atoms with Gasteiger partial charge in [-0.1, -0.05) is 258 Å². The summed E-state index contributed by atoms with van der Waals surface area (Å²) in [6, 6.07) is 85.6. The summed E-state index contributed by atoms with van der Waals surface area (Å²) in [5.74, 6) is 0.888. The normalized spacial score (nSPS) is 11.4. The molecule has 0 aliphatic rings. The van der Waals surface area contributed by atoms with Crippen LogP contribution in [0.15, 0.2) is 252 Å². The fourth-order valence-corrected chi connectivity index (χ4v) is 14.8. The van der Waals surface area contributed by atoms with E-state index in [0.29, 0.717) is 11.8 Å². The predicted molar refractivity (Wildman–Crippen MR) is 284 cm³/mol. The molecule has 0 unspecified atom stereocenters. The molecule has 0 atom stereocenters. The maximum atomic E-state index is 5.78. The molecule has 0 aliphatic carbocycles. The Hall–Kier alpha value is -6.14. The van der Waals surface area contributed by atoms with Gasteiger partial charge in [0.25, 0.3) is 0 Å². The zero-order valence-corrected chi connectivity index (χ0v) is 41.4. The quantitative estimate of drug-likeness (QED) is 0.0683. The van der Waals surface area contributed by atoms with E-state index in [1.165, 1.54) is 43.5 Å². The van der Waals surface area contributed by atoms with E-state index in [4.69, 9.17) is 14.5 Å². The Kier molecular flexibility index (Phi) is 16.6. The number of aromatic nitrogens is 1. The summed E-state index contributed by atoms with van der Waals surface area (Å²) in [5, 5.41) is 4.66. The first-order chi connectivity index (χ1) is 31.8. The van der Waals surface area contributed by atoms with Crippen LogP contribution in [-0.2, 0) is 19.5 Å². The van der Waals surface area contributed by atoms with Gasteiger partial charge in [-0.2, -0.15) is 0 Å². The molecule has 9 rings (SSSR count). The summed E-state index contributed by atoms with van der Waals surface area (Å²) in [7, 11) is -5.31. The summed E-state index contributed by atoms with van der Waals surface area (Å²) in [4.78, 5) is 5.76. The number of rotatable bonds is 12. The smallest absolute Gasteiger partial charge is 0.0624 e. The first kappa shape index (κ1) is 47.8. The average Bonchev–Trinajstić information content (AvgIpc) is 3.88. The Morgan fingerprint density at radius 1 is 0.333 bits per heavy atom. The van der Waals surface area contributed by atoms with Gasteiger partial charge >= 0.3 is 0 Å². The molecular weight excluding hydrogens is 928 g/mol. The third kappa shape index (κ3) is 11.1. The van der Waals surface area contributed by atoms with Crippen molar-refractivity contribution in [3.8, 4) is 0 Å². The minimum atomic E-state index is -2.66. The Morgan fingerprint density at radius 3 is 0.848 bits per heavy atom. The van der Waals surface area contributed by atoms with E-state index in [0.717, 1.165) is 22.2 Å². The number of nitrogens with zero attached hydrogens (tertiary/aromatic N) is 3. The molecule has 0 aliphatic heterocycles. The van der Waals surface area contributed by atoms with E-state index in [-0.39, 0.29) is 19.5 Å². The van der Waals surface area contributed by atoms with E-state index in [1.54, 1.807) is 0 Å². The van der Waals surface area contributed by atoms with Gasteiger partial charge in [0.1, 0.15) is 0 Å². The second-order valence-electron chi connectivity index (χ2n) is 16.6. The molecule has 1 heterocycles. The van der Waals surface area contributed by atoms with Crippen LogP contribution in [0.25, 0.3) is 12.2 Å². The molecule has 0 bridgehead atoms. The maximum Gasteiger partial charge on any atom is 0.0624 e. The fourth-order valence-electron chi connectivity index (χ4n) is 7.96. The largest absolute Gasteiger partial charge is 0.654 e. The SMILES string of the molecule is C(=C\c1ccccc1)/c1ccccc1.CC(C)c1ccc(N=P(c2ccccc2)(c2ccccc2)c2ccc(P(=Nc3ccc(C(C)C)cc3)(c3ccccc3)c3ccccc3)[n-]2)cc1.[Rh]. The maximum absolute atomic E-state index is 5.78. The van der Waals surface area contributed by atoms with Gasteiger partial charge in [-0.3, -0.25) is 9.49 Å². The van der Waals surface area contributed by atoms with Gasteiger partial charge in [-0.15, -0.1) is 10.9 Å². The standard InChI is InChI=1S/C46H44N3P2.C14H12.Rh/c1-35(2)37-25-29-39(30-26-37)48-50(41-17-9-5-10-18-41,42-19-11-6-12-20-42)45-33-34-46(47-45)51(43-21-13-7-14-22-43,44-23-15-8-16-24-44)49-40-31-27-38(28-32-40)36(3)4;1-3-7-13(8-4-1)11-12-14-9-5-2-6-10-14;/h5-36H,1-4H3;1-12H;/q-1;;/b;12-11+;. The molecular formula is C60H56N3P2Rh-. The molecule has 9 aromatic rings. The zero-order valence-electron chi connectivity index (χ0n) is 38.0. The third-order valence-electron chi connectivity index (χ3n) is 11.5. The van der Waals surface area contributed by atoms with Crippen molar-refractivity contribution in [2.24, 2.45) is 9.49 Å². The third-order valence-corrected chi connectivity index (χ3v) is 18.6. The van der Waals surface area contributed by atoms with Crippen LogP contribution in [0.2, 0.25) is 0 Å². The monoisotopic (exact) mass is 983 g/mol. The summed E-state index contributed by atoms with van der Waals surface area (Å²) in [6.45, 7) is 8.91. The van der Waals surface area contributed by atoms with Gasteiger partial charge in [0, 0.05) is 33.6 Å². The molecule has 0 saturated carbocycles. The van der Waals surface area contributed by atoms with Crippen molar-refractivity contribution in [1.82, 2.24) is 4.98 Å². The van der Waals surface area contributed by atoms with Crippen LogP contribution in [-0.4, -0.2) is 0 Å². The molecule has 0 amide bonds. The molecule has 0 fully saturated rings. The molecule has 331 valence electrons. The van der Waals surface area contributed by atoms with Gasteiger partial charge in [-0.25, -0.2) is 0 Å². The van der Waals surface area contributed by atoms with E-state index >= 15 is 0 Å². The number of benzene rings is 8. The van der Waals surface area contributed by atoms with Crippen molar-refractivity contribution in [3.63, 3.8) is 0 Å². The zero-order chi connectivity index (χ0) is 44.9. The number of hydrogen-bond donors (Lipinski definition) is 0. The molecule has 1 radical (unpaired) electrons. The molecule has 0 saturated heterocycles. The van der Waals surface area contributed by atoms with Crippen LogP contribution >= 0.6 is 14.1 Å². The van der Waals surface area contributed by atoms with Crippen LogP contribution in [0.5, 0.6) is 0 Å². The van der Waals surface area contributed by atoms with Gasteiger partial charge < -0.3 is 4.98 Å². The topological polar surface area (TPSA) is 38.8 Å². The molecule has 8 aromatic carbocycles. The van der Waals surface area contributed by atoms with Crippen LogP contribution in [0, 0.1) is 0 Å². The van der Waals surface area contributed by atoms with Gasteiger partial charge in [0.15, 0.2) is 0 Å². The average molecular weight is 984 g/mol. The number of hydrogen-bond acceptors (Lipinski definition) is 2. The summed E-state index contributed by atoms with van der Waals surface area (Å²) < 4.78 is 11.6. The van der Waals surface area contributed by atoms with Gasteiger partial charge in [0.05, 0.1) is 11.4 Å². The van der Waals surface area contributed by atoms with Gasteiger partial charge in [-0.05, 0) is 79.6 Å². The van der Waals surface area contributed by atoms with Crippen LogP contribution in [0.3, 0.4) is 0 Å². The van der Waals surface area contributed by atoms with Crippen molar-refractivity contribution >= 4 is 69.7 Å². The minimum absolute atomic E-state index is 0. The predicted octanol–water partition coefficient (Wildman–Crippen LogP) is 14.4.